The lowest BCUT2D eigenvalue weighted by atomic mass is 9.98. The first-order valence-electron chi connectivity index (χ1n) is 9.76. The van der Waals surface area contributed by atoms with Gasteiger partial charge in [0.2, 0.25) is 5.91 Å². The van der Waals surface area contributed by atoms with E-state index >= 15 is 0 Å². The van der Waals surface area contributed by atoms with Gasteiger partial charge in [0.05, 0.1) is 12.3 Å². The maximum Gasteiger partial charge on any atom is 0.228 e. The van der Waals surface area contributed by atoms with E-state index in [9.17, 15) is 4.79 Å². The van der Waals surface area contributed by atoms with Crippen molar-refractivity contribution in [3.63, 3.8) is 0 Å². The van der Waals surface area contributed by atoms with Crippen molar-refractivity contribution in [2.75, 3.05) is 19.7 Å². The SMILES string of the molecule is CC1(C(=O)N2CCc3[nH]nc(-c4ccc5c(c4)CCCO5)c3CC2)CC1. The van der Waals surface area contributed by atoms with Crippen molar-refractivity contribution >= 4 is 5.91 Å². The highest BCUT2D eigenvalue weighted by Crippen LogP contribution is 2.46. The second kappa shape index (κ2) is 5.86. The Kier molecular flexibility index (Phi) is 3.59. The van der Waals surface area contributed by atoms with Gasteiger partial charge in [0.15, 0.2) is 0 Å². The van der Waals surface area contributed by atoms with E-state index < -0.39 is 0 Å². The molecule has 0 spiro atoms. The number of ether oxygens (including phenoxy) is 1. The summed E-state index contributed by atoms with van der Waals surface area (Å²) in [5.41, 5.74) is 5.85. The lowest BCUT2D eigenvalue weighted by Gasteiger charge is -2.23. The van der Waals surface area contributed by atoms with E-state index in [-0.39, 0.29) is 5.41 Å². The second-order valence-corrected chi connectivity index (χ2v) is 8.16. The largest absolute Gasteiger partial charge is 0.493 e. The van der Waals surface area contributed by atoms with E-state index in [2.05, 4.69) is 40.2 Å². The van der Waals surface area contributed by atoms with Crippen molar-refractivity contribution in [2.24, 2.45) is 5.41 Å². The van der Waals surface area contributed by atoms with Crippen LogP contribution in [0.15, 0.2) is 18.2 Å². The smallest absolute Gasteiger partial charge is 0.228 e. The molecule has 0 bridgehead atoms. The van der Waals surface area contributed by atoms with E-state index in [4.69, 9.17) is 4.74 Å². The standard InChI is InChI=1S/C21H25N3O2/c1-21(8-9-21)20(25)24-10-6-16-17(7-11-24)22-23-19(16)15-4-5-18-14(13-15)3-2-12-26-18/h4-5,13H,2-3,6-12H2,1H3,(H,22,23). The fraction of sp³-hybridized carbons (Fsp3) is 0.524. The van der Waals surface area contributed by atoms with Gasteiger partial charge in [-0.25, -0.2) is 0 Å². The molecule has 1 fully saturated rings. The molecular formula is C21H25N3O2. The molecule has 3 aliphatic rings. The van der Waals surface area contributed by atoms with Crippen LogP contribution in [0.2, 0.25) is 0 Å². The molecule has 1 aliphatic carbocycles. The van der Waals surface area contributed by atoms with Crippen LogP contribution in [-0.4, -0.2) is 40.7 Å². The van der Waals surface area contributed by atoms with E-state index in [1.165, 1.54) is 16.8 Å². The number of carbonyl (C=O) groups excluding carboxylic acids is 1. The molecule has 0 radical (unpaired) electrons. The van der Waals surface area contributed by atoms with Crippen LogP contribution in [0.4, 0.5) is 0 Å². The minimum Gasteiger partial charge on any atom is -0.493 e. The number of carbonyl (C=O) groups is 1. The van der Waals surface area contributed by atoms with Gasteiger partial charge in [-0.3, -0.25) is 9.89 Å². The normalized spacial score (nSPS) is 20.6. The zero-order valence-electron chi connectivity index (χ0n) is 15.3. The molecule has 0 atom stereocenters. The summed E-state index contributed by atoms with van der Waals surface area (Å²) in [5.74, 6) is 1.35. The first-order chi connectivity index (χ1) is 12.6. The monoisotopic (exact) mass is 351 g/mol. The third kappa shape index (κ3) is 2.61. The van der Waals surface area contributed by atoms with E-state index in [0.29, 0.717) is 5.91 Å². The molecule has 1 N–H and O–H groups in total. The number of aromatic nitrogens is 2. The van der Waals surface area contributed by atoms with E-state index in [0.717, 1.165) is 75.2 Å². The Balaban J connectivity index is 1.41. The van der Waals surface area contributed by atoms with Gasteiger partial charge in [0, 0.05) is 41.7 Å². The topological polar surface area (TPSA) is 58.2 Å². The van der Waals surface area contributed by atoms with Gasteiger partial charge in [-0.1, -0.05) is 6.92 Å². The van der Waals surface area contributed by atoms with Gasteiger partial charge in [-0.05, 0) is 55.9 Å². The summed E-state index contributed by atoms with van der Waals surface area (Å²) in [6.07, 6.45) is 5.95. The van der Waals surface area contributed by atoms with Crippen molar-refractivity contribution in [1.29, 1.82) is 0 Å². The number of fused-ring (bicyclic) bond motifs is 2. The Morgan fingerprint density at radius 2 is 2.08 bits per heavy atom. The van der Waals surface area contributed by atoms with Gasteiger partial charge in [0.25, 0.3) is 0 Å². The summed E-state index contributed by atoms with van der Waals surface area (Å²) in [7, 11) is 0. The number of aryl methyl sites for hydroxylation is 1. The summed E-state index contributed by atoms with van der Waals surface area (Å²) in [6, 6.07) is 6.41. The Morgan fingerprint density at radius 1 is 1.23 bits per heavy atom. The van der Waals surface area contributed by atoms with Gasteiger partial charge in [-0.2, -0.15) is 5.10 Å². The zero-order valence-corrected chi connectivity index (χ0v) is 15.3. The first kappa shape index (κ1) is 15.9. The lowest BCUT2D eigenvalue weighted by molar-refractivity contribution is -0.136. The summed E-state index contributed by atoms with van der Waals surface area (Å²) in [6.45, 7) is 4.50. The van der Waals surface area contributed by atoms with Crippen molar-refractivity contribution in [1.82, 2.24) is 15.1 Å². The average Bonchev–Trinajstić information content (AvgIpc) is 3.36. The van der Waals surface area contributed by atoms with Crippen LogP contribution in [0.25, 0.3) is 11.3 Å². The molecule has 0 unspecified atom stereocenters. The highest BCUT2D eigenvalue weighted by atomic mass is 16.5. The number of amides is 1. The molecule has 26 heavy (non-hydrogen) atoms. The molecular weight excluding hydrogens is 326 g/mol. The molecule has 0 saturated heterocycles. The number of benzene rings is 1. The average molecular weight is 351 g/mol. The van der Waals surface area contributed by atoms with Crippen molar-refractivity contribution in [3.05, 3.63) is 35.0 Å². The van der Waals surface area contributed by atoms with Crippen LogP contribution in [-0.2, 0) is 24.1 Å². The van der Waals surface area contributed by atoms with Crippen molar-refractivity contribution in [2.45, 2.75) is 45.4 Å². The number of nitrogens with zero attached hydrogens (tertiary/aromatic N) is 2. The quantitative estimate of drug-likeness (QED) is 0.904. The fourth-order valence-corrected chi connectivity index (χ4v) is 4.22. The highest BCUT2D eigenvalue weighted by molar-refractivity contribution is 5.85. The first-order valence-corrected chi connectivity index (χ1v) is 9.76. The van der Waals surface area contributed by atoms with E-state index in [1.807, 2.05) is 0 Å². The van der Waals surface area contributed by atoms with Gasteiger partial charge >= 0.3 is 0 Å². The molecule has 5 nitrogen and oxygen atoms in total. The molecule has 1 aromatic carbocycles. The molecule has 2 aromatic rings. The van der Waals surface area contributed by atoms with Crippen LogP contribution in [0, 0.1) is 5.41 Å². The molecule has 5 rings (SSSR count). The van der Waals surface area contributed by atoms with E-state index in [1.54, 1.807) is 0 Å². The summed E-state index contributed by atoms with van der Waals surface area (Å²) in [5, 5.41) is 7.86. The van der Waals surface area contributed by atoms with Crippen LogP contribution in [0.1, 0.15) is 43.0 Å². The molecule has 3 heterocycles. The summed E-state index contributed by atoms with van der Waals surface area (Å²) >= 11 is 0. The maximum atomic E-state index is 12.7. The number of rotatable bonds is 2. The number of aromatic amines is 1. The Bertz CT molecular complexity index is 866. The number of hydrogen-bond donors (Lipinski definition) is 1. The van der Waals surface area contributed by atoms with Gasteiger partial charge < -0.3 is 9.64 Å². The fourth-order valence-electron chi connectivity index (χ4n) is 4.22. The van der Waals surface area contributed by atoms with Crippen molar-refractivity contribution < 1.29 is 9.53 Å². The molecule has 1 aromatic heterocycles. The number of hydrogen-bond acceptors (Lipinski definition) is 3. The Morgan fingerprint density at radius 3 is 2.92 bits per heavy atom. The van der Waals surface area contributed by atoms with Crippen molar-refractivity contribution in [3.8, 4) is 17.0 Å². The highest BCUT2D eigenvalue weighted by Gasteiger charge is 2.47. The molecule has 5 heteroatoms. The van der Waals surface area contributed by atoms with Crippen LogP contribution in [0.5, 0.6) is 5.75 Å². The maximum absolute atomic E-state index is 12.7. The van der Waals surface area contributed by atoms with Gasteiger partial charge in [-0.15, -0.1) is 0 Å². The second-order valence-electron chi connectivity index (χ2n) is 8.16. The molecule has 1 saturated carbocycles. The third-order valence-corrected chi connectivity index (χ3v) is 6.20. The lowest BCUT2D eigenvalue weighted by Crippen LogP contribution is -2.38. The third-order valence-electron chi connectivity index (χ3n) is 6.20. The van der Waals surface area contributed by atoms with Crippen LogP contribution < -0.4 is 4.74 Å². The van der Waals surface area contributed by atoms with Crippen LogP contribution in [0.3, 0.4) is 0 Å². The number of H-pyrrole nitrogens is 1. The predicted octanol–water partition coefficient (Wildman–Crippen LogP) is 3.13. The Hall–Kier alpha value is -2.30. The molecule has 2 aliphatic heterocycles. The predicted molar refractivity (Wildman–Crippen MR) is 99.2 cm³/mol. The minimum absolute atomic E-state index is 0.0857. The molecule has 1 amide bonds. The molecule has 136 valence electrons. The summed E-state index contributed by atoms with van der Waals surface area (Å²) in [4.78, 5) is 14.8. The number of nitrogens with one attached hydrogen (secondary N) is 1. The van der Waals surface area contributed by atoms with Crippen LogP contribution >= 0.6 is 0 Å². The minimum atomic E-state index is -0.0857. The summed E-state index contributed by atoms with van der Waals surface area (Å²) < 4.78 is 5.73. The Labute approximate surface area is 153 Å². The van der Waals surface area contributed by atoms with Gasteiger partial charge in [0.1, 0.15) is 5.75 Å². The zero-order chi connectivity index (χ0) is 17.7.